The van der Waals surface area contributed by atoms with E-state index in [1.165, 1.54) is 18.3 Å². The van der Waals surface area contributed by atoms with Gasteiger partial charge in [-0.3, -0.25) is 4.79 Å². The summed E-state index contributed by atoms with van der Waals surface area (Å²) in [7, 11) is 0. The first-order valence-electron chi connectivity index (χ1n) is 9.86. The van der Waals surface area contributed by atoms with Crippen molar-refractivity contribution in [3.05, 3.63) is 48.2 Å². The number of H-pyrrole nitrogens is 1. The molecule has 0 amide bonds. The lowest BCUT2D eigenvalue weighted by Gasteiger charge is -2.35. The number of hydrogen-bond acceptors (Lipinski definition) is 8. The average molecular weight is 443 g/mol. The van der Waals surface area contributed by atoms with E-state index in [-0.39, 0.29) is 38.1 Å². The van der Waals surface area contributed by atoms with Crippen molar-refractivity contribution in [2.24, 2.45) is 5.41 Å². The molecule has 3 aromatic rings. The molecular weight excluding hydrogens is 421 g/mol. The third kappa shape index (κ3) is 4.74. The van der Waals surface area contributed by atoms with Crippen LogP contribution in [0.3, 0.4) is 0 Å². The zero-order valence-electron chi connectivity index (χ0n) is 17.2. The van der Waals surface area contributed by atoms with Gasteiger partial charge >= 0.3 is 5.97 Å². The molecule has 0 radical (unpaired) electrons. The number of carbonyl (C=O) groups is 1. The van der Waals surface area contributed by atoms with Crippen molar-refractivity contribution in [3.8, 4) is 22.6 Å². The SMILES string of the molecule is CC1(CO)COC(c2nc(-c3ccc(F)cc3)c(-c3ccnc(NCC(=O)O)n3)[nH]2)OC1. The maximum atomic E-state index is 13.5. The van der Waals surface area contributed by atoms with Gasteiger partial charge in [0.2, 0.25) is 12.2 Å². The number of hydrogen-bond donors (Lipinski definition) is 4. The number of aliphatic hydroxyl groups is 1. The fourth-order valence-corrected chi connectivity index (χ4v) is 3.14. The van der Waals surface area contributed by atoms with Crippen LogP contribution in [-0.2, 0) is 14.3 Å². The maximum absolute atomic E-state index is 13.5. The molecule has 1 aliphatic heterocycles. The molecule has 1 aliphatic rings. The normalized spacial score (nSPS) is 20.8. The first kappa shape index (κ1) is 21.8. The Balaban J connectivity index is 1.70. The number of nitrogens with one attached hydrogen (secondary N) is 2. The van der Waals surface area contributed by atoms with E-state index in [0.29, 0.717) is 28.5 Å². The highest BCUT2D eigenvalue weighted by Crippen LogP contribution is 2.35. The summed E-state index contributed by atoms with van der Waals surface area (Å²) in [4.78, 5) is 27.0. The van der Waals surface area contributed by atoms with Gasteiger partial charge in [-0.25, -0.2) is 19.3 Å². The molecule has 11 heteroatoms. The first-order valence-corrected chi connectivity index (χ1v) is 9.86. The minimum atomic E-state index is -1.05. The van der Waals surface area contributed by atoms with Crippen molar-refractivity contribution in [2.75, 3.05) is 31.7 Å². The topological polar surface area (TPSA) is 142 Å². The van der Waals surface area contributed by atoms with Gasteiger partial charge in [0.25, 0.3) is 0 Å². The zero-order valence-corrected chi connectivity index (χ0v) is 17.2. The number of benzene rings is 1. The van der Waals surface area contributed by atoms with Crippen LogP contribution in [0.4, 0.5) is 10.3 Å². The number of aliphatic carboxylic acids is 1. The number of carboxylic acids is 1. The Hall–Kier alpha value is -3.41. The van der Waals surface area contributed by atoms with E-state index in [2.05, 4.69) is 25.3 Å². The van der Waals surface area contributed by atoms with Crippen LogP contribution in [0.2, 0.25) is 0 Å². The number of halogens is 1. The molecule has 0 spiro atoms. The van der Waals surface area contributed by atoms with Gasteiger partial charge in [-0.05, 0) is 30.3 Å². The van der Waals surface area contributed by atoms with Crippen molar-refractivity contribution in [2.45, 2.75) is 13.2 Å². The highest BCUT2D eigenvalue weighted by molar-refractivity contribution is 5.77. The molecule has 32 heavy (non-hydrogen) atoms. The highest BCUT2D eigenvalue weighted by atomic mass is 19.1. The van der Waals surface area contributed by atoms with E-state index in [1.807, 2.05) is 6.92 Å². The van der Waals surface area contributed by atoms with E-state index >= 15 is 0 Å². The third-order valence-corrected chi connectivity index (χ3v) is 4.92. The fourth-order valence-electron chi connectivity index (χ4n) is 3.14. The van der Waals surface area contributed by atoms with Gasteiger partial charge in [-0.2, -0.15) is 0 Å². The fraction of sp³-hybridized carbons (Fsp3) is 0.333. The van der Waals surface area contributed by atoms with Gasteiger partial charge in [0.15, 0.2) is 5.82 Å². The standard InChI is InChI=1S/C21H22FN5O5/c1-21(9-28)10-31-19(32-11-21)18-26-16(12-2-4-13(22)5-3-12)17(27-18)14-6-7-23-20(25-14)24-8-15(29)30/h2-7,19,28H,8-11H2,1H3,(H,26,27)(H,29,30)(H,23,24,25). The molecule has 0 atom stereocenters. The number of aromatic nitrogens is 4. The third-order valence-electron chi connectivity index (χ3n) is 4.92. The van der Waals surface area contributed by atoms with Gasteiger partial charge < -0.3 is 30.0 Å². The summed E-state index contributed by atoms with van der Waals surface area (Å²) < 4.78 is 25.0. The predicted molar refractivity (Wildman–Crippen MR) is 111 cm³/mol. The van der Waals surface area contributed by atoms with E-state index in [9.17, 15) is 14.3 Å². The second-order valence-electron chi connectivity index (χ2n) is 7.79. The van der Waals surface area contributed by atoms with Gasteiger partial charge in [0.05, 0.1) is 36.9 Å². The largest absolute Gasteiger partial charge is 0.480 e. The molecule has 1 aromatic carbocycles. The van der Waals surface area contributed by atoms with Crippen LogP contribution in [0.5, 0.6) is 0 Å². The van der Waals surface area contributed by atoms with Crippen molar-refractivity contribution >= 4 is 11.9 Å². The van der Waals surface area contributed by atoms with Crippen LogP contribution < -0.4 is 5.32 Å². The molecule has 0 aliphatic carbocycles. The Morgan fingerprint density at radius 2 is 1.97 bits per heavy atom. The number of nitrogens with zero attached hydrogens (tertiary/aromatic N) is 3. The summed E-state index contributed by atoms with van der Waals surface area (Å²) in [5.74, 6) is -0.903. The molecule has 3 heterocycles. The lowest BCUT2D eigenvalue weighted by atomic mass is 9.94. The van der Waals surface area contributed by atoms with Gasteiger partial charge in [-0.15, -0.1) is 0 Å². The number of imidazole rings is 1. The van der Waals surface area contributed by atoms with Crippen LogP contribution in [0.25, 0.3) is 22.6 Å². The molecule has 1 saturated heterocycles. The van der Waals surface area contributed by atoms with Crippen molar-refractivity contribution < 1.29 is 28.9 Å². The molecule has 2 aromatic heterocycles. The highest BCUT2D eigenvalue weighted by Gasteiger charge is 2.34. The molecule has 168 valence electrons. The molecule has 4 rings (SSSR count). The van der Waals surface area contributed by atoms with Crippen LogP contribution in [0, 0.1) is 11.2 Å². The smallest absolute Gasteiger partial charge is 0.322 e. The Morgan fingerprint density at radius 3 is 2.62 bits per heavy atom. The average Bonchev–Trinajstić information content (AvgIpc) is 3.24. The number of aromatic amines is 1. The zero-order chi connectivity index (χ0) is 22.7. The minimum Gasteiger partial charge on any atom is -0.480 e. The molecule has 10 nitrogen and oxygen atoms in total. The minimum absolute atomic E-state index is 0.0724. The van der Waals surface area contributed by atoms with Gasteiger partial charge in [0, 0.05) is 17.2 Å². The van der Waals surface area contributed by atoms with Crippen molar-refractivity contribution in [1.29, 1.82) is 0 Å². The molecule has 1 fully saturated rings. The van der Waals surface area contributed by atoms with Crippen LogP contribution in [0.1, 0.15) is 19.0 Å². The molecule has 4 N–H and O–H groups in total. The predicted octanol–water partition coefficient (Wildman–Crippen LogP) is 2.21. The first-order chi connectivity index (χ1) is 15.4. The molecular formula is C21H22FN5O5. The summed E-state index contributed by atoms with van der Waals surface area (Å²) in [5, 5.41) is 21.0. The monoisotopic (exact) mass is 443 g/mol. The number of aliphatic hydroxyl groups excluding tert-OH is 1. The van der Waals surface area contributed by atoms with E-state index in [0.717, 1.165) is 0 Å². The summed E-state index contributed by atoms with van der Waals surface area (Å²) in [5.41, 5.74) is 1.59. The van der Waals surface area contributed by atoms with Gasteiger partial charge in [0.1, 0.15) is 12.4 Å². The van der Waals surface area contributed by atoms with Crippen molar-refractivity contribution in [3.63, 3.8) is 0 Å². The Bertz CT molecular complexity index is 1100. The summed E-state index contributed by atoms with van der Waals surface area (Å²) in [6.45, 7) is 2.01. The van der Waals surface area contributed by atoms with Crippen LogP contribution in [0.15, 0.2) is 36.5 Å². The molecule has 0 saturated carbocycles. The summed E-state index contributed by atoms with van der Waals surface area (Å²) in [6, 6.07) is 7.48. The number of rotatable bonds is 7. The van der Waals surface area contributed by atoms with Crippen LogP contribution in [-0.4, -0.2) is 62.5 Å². The van der Waals surface area contributed by atoms with E-state index in [4.69, 9.17) is 14.6 Å². The number of carboxylic acid groups (broad SMARTS) is 1. The second-order valence-corrected chi connectivity index (χ2v) is 7.79. The lowest BCUT2D eigenvalue weighted by Crippen LogP contribution is -2.39. The summed E-state index contributed by atoms with van der Waals surface area (Å²) >= 11 is 0. The second kappa shape index (κ2) is 8.99. The molecule has 0 unspecified atom stereocenters. The maximum Gasteiger partial charge on any atom is 0.322 e. The van der Waals surface area contributed by atoms with E-state index < -0.39 is 17.7 Å². The molecule has 0 bridgehead atoms. The van der Waals surface area contributed by atoms with Crippen molar-refractivity contribution in [1.82, 2.24) is 19.9 Å². The lowest BCUT2D eigenvalue weighted by molar-refractivity contribution is -0.239. The number of ether oxygens (including phenoxy) is 2. The number of anilines is 1. The quantitative estimate of drug-likeness (QED) is 0.432. The Kier molecular flexibility index (Phi) is 6.12. The Morgan fingerprint density at radius 1 is 1.25 bits per heavy atom. The van der Waals surface area contributed by atoms with Gasteiger partial charge in [-0.1, -0.05) is 6.92 Å². The van der Waals surface area contributed by atoms with Crippen LogP contribution >= 0.6 is 0 Å². The van der Waals surface area contributed by atoms with E-state index in [1.54, 1.807) is 18.2 Å². The Labute approximate surface area is 182 Å². The summed E-state index contributed by atoms with van der Waals surface area (Å²) in [6.07, 6.45) is 0.705.